The zero-order chi connectivity index (χ0) is 28.0. The van der Waals surface area contributed by atoms with Crippen LogP contribution in [-0.4, -0.2) is 85.7 Å². The third-order valence-corrected chi connectivity index (χ3v) is 7.04. The monoisotopic (exact) mass is 550 g/mol. The van der Waals surface area contributed by atoms with Crippen LogP contribution in [0.3, 0.4) is 0 Å². The van der Waals surface area contributed by atoms with E-state index in [1.807, 2.05) is 0 Å². The highest BCUT2D eigenvalue weighted by atomic mass is 19.4. The predicted molar refractivity (Wildman–Crippen MR) is 137 cm³/mol. The number of likely N-dealkylation sites (tertiary alicyclic amines) is 1. The van der Waals surface area contributed by atoms with Gasteiger partial charge >= 0.3 is 12.2 Å². The lowest BCUT2D eigenvalue weighted by Gasteiger charge is -2.27. The van der Waals surface area contributed by atoms with E-state index >= 15 is 0 Å². The molecule has 2 atom stereocenters. The molecule has 10 nitrogen and oxygen atoms in total. The average Bonchev–Trinajstić information content (AvgIpc) is 3.25. The number of nitrogens with one attached hydrogen (secondary N) is 2. The van der Waals surface area contributed by atoms with Gasteiger partial charge < -0.3 is 25.0 Å². The van der Waals surface area contributed by atoms with Crippen LogP contribution in [0.4, 0.5) is 19.0 Å². The number of carbonyl (C=O) groups is 2. The minimum atomic E-state index is -4.55. The SMILES string of the molecule is COc1cc(N2CCC[C@H](N3CC[C@@H](NC(=O)CNC(=O)c4cccc(C(F)(F)F)c4)C3)CC2)nc(OC)n1. The molecular weight excluding hydrogens is 517 g/mol. The summed E-state index contributed by atoms with van der Waals surface area (Å²) in [5.74, 6) is 0.104. The van der Waals surface area contributed by atoms with Crippen LogP contribution >= 0.6 is 0 Å². The van der Waals surface area contributed by atoms with Crippen molar-refractivity contribution in [1.82, 2.24) is 25.5 Å². The Hall–Kier alpha value is -3.61. The average molecular weight is 551 g/mol. The van der Waals surface area contributed by atoms with Crippen LogP contribution in [0, 0.1) is 0 Å². The van der Waals surface area contributed by atoms with Gasteiger partial charge in [-0.25, -0.2) is 0 Å². The van der Waals surface area contributed by atoms with Crippen LogP contribution in [0.2, 0.25) is 0 Å². The predicted octanol–water partition coefficient (Wildman–Crippen LogP) is 2.49. The van der Waals surface area contributed by atoms with Crippen molar-refractivity contribution in [3.8, 4) is 11.9 Å². The van der Waals surface area contributed by atoms with Crippen molar-refractivity contribution in [3.63, 3.8) is 0 Å². The molecule has 2 aromatic rings. The zero-order valence-electron chi connectivity index (χ0n) is 22.0. The van der Waals surface area contributed by atoms with Crippen LogP contribution in [-0.2, 0) is 11.0 Å². The van der Waals surface area contributed by atoms with E-state index in [4.69, 9.17) is 9.47 Å². The standard InChI is InChI=1S/C26H33F3N6O4/c1-38-23-14-21(32-25(33-23)39-2)34-10-4-7-20(9-12-34)35-11-8-19(16-35)31-22(36)15-30-24(37)17-5-3-6-18(13-17)26(27,28)29/h3,5-6,13-14,19-20H,4,7-12,15-16H2,1-2H3,(H,30,37)(H,31,36)/t19-,20+/m1/s1. The fourth-order valence-corrected chi connectivity index (χ4v) is 5.04. The number of halogens is 3. The molecule has 2 saturated heterocycles. The third-order valence-electron chi connectivity index (χ3n) is 7.04. The van der Waals surface area contributed by atoms with Gasteiger partial charge in [-0.05, 0) is 43.9 Å². The first kappa shape index (κ1) is 28.4. The van der Waals surface area contributed by atoms with Crippen molar-refractivity contribution in [2.45, 2.75) is 43.9 Å². The van der Waals surface area contributed by atoms with E-state index in [2.05, 4.69) is 30.4 Å². The van der Waals surface area contributed by atoms with Crippen molar-refractivity contribution >= 4 is 17.6 Å². The highest BCUT2D eigenvalue weighted by Gasteiger charge is 2.32. The molecule has 4 rings (SSSR count). The normalized spacial score (nSPS) is 20.3. The Morgan fingerprint density at radius 2 is 1.87 bits per heavy atom. The summed E-state index contributed by atoms with van der Waals surface area (Å²) in [6, 6.07) is 6.48. The number of amides is 2. The van der Waals surface area contributed by atoms with Crippen LogP contribution in [0.1, 0.15) is 41.6 Å². The second-order valence-corrected chi connectivity index (χ2v) is 9.64. The van der Waals surface area contributed by atoms with Gasteiger partial charge in [0.2, 0.25) is 11.8 Å². The number of hydrogen-bond donors (Lipinski definition) is 2. The van der Waals surface area contributed by atoms with Crippen molar-refractivity contribution in [2.24, 2.45) is 0 Å². The lowest BCUT2D eigenvalue weighted by Crippen LogP contribution is -2.44. The van der Waals surface area contributed by atoms with Gasteiger partial charge in [0.15, 0.2) is 0 Å². The Morgan fingerprint density at radius 1 is 1.05 bits per heavy atom. The molecule has 2 fully saturated rings. The number of rotatable bonds is 8. The zero-order valence-corrected chi connectivity index (χ0v) is 22.0. The van der Waals surface area contributed by atoms with Gasteiger partial charge in [0.1, 0.15) is 5.82 Å². The number of aromatic nitrogens is 2. The van der Waals surface area contributed by atoms with E-state index in [9.17, 15) is 22.8 Å². The first-order valence-corrected chi connectivity index (χ1v) is 12.9. The van der Waals surface area contributed by atoms with Gasteiger partial charge in [0, 0.05) is 49.9 Å². The van der Waals surface area contributed by atoms with Gasteiger partial charge in [0.25, 0.3) is 5.91 Å². The smallest absolute Gasteiger partial charge is 0.416 e. The Balaban J connectivity index is 1.24. The number of hydrogen-bond acceptors (Lipinski definition) is 8. The molecule has 0 bridgehead atoms. The fourth-order valence-electron chi connectivity index (χ4n) is 5.04. The number of alkyl halides is 3. The second-order valence-electron chi connectivity index (χ2n) is 9.64. The molecule has 2 aliphatic heterocycles. The fraction of sp³-hybridized carbons (Fsp3) is 0.538. The minimum absolute atomic E-state index is 0.0577. The summed E-state index contributed by atoms with van der Waals surface area (Å²) in [5, 5.41) is 5.34. The number of anilines is 1. The molecule has 212 valence electrons. The molecule has 0 unspecified atom stereocenters. The first-order valence-electron chi connectivity index (χ1n) is 12.9. The molecule has 0 spiro atoms. The Kier molecular flexibility index (Phi) is 9.10. The third kappa shape index (κ3) is 7.49. The van der Waals surface area contributed by atoms with E-state index in [0.29, 0.717) is 18.5 Å². The quantitative estimate of drug-likeness (QED) is 0.516. The van der Waals surface area contributed by atoms with E-state index < -0.39 is 17.6 Å². The van der Waals surface area contributed by atoms with Crippen molar-refractivity contribution in [2.75, 3.05) is 51.8 Å². The van der Waals surface area contributed by atoms with E-state index in [1.54, 1.807) is 13.2 Å². The summed E-state index contributed by atoms with van der Waals surface area (Å²) in [4.78, 5) is 37.9. The molecule has 2 aliphatic rings. The van der Waals surface area contributed by atoms with Crippen molar-refractivity contribution < 1.29 is 32.2 Å². The summed E-state index contributed by atoms with van der Waals surface area (Å²) in [5.41, 5.74) is -1.06. The van der Waals surface area contributed by atoms with Crippen LogP contribution in [0.5, 0.6) is 11.9 Å². The molecule has 2 amide bonds. The largest absolute Gasteiger partial charge is 0.481 e. The van der Waals surface area contributed by atoms with Crippen molar-refractivity contribution in [1.29, 1.82) is 0 Å². The lowest BCUT2D eigenvalue weighted by atomic mass is 10.1. The maximum atomic E-state index is 12.9. The Morgan fingerprint density at radius 3 is 2.62 bits per heavy atom. The Labute approximate surface area is 224 Å². The molecule has 3 heterocycles. The maximum Gasteiger partial charge on any atom is 0.416 e. The minimum Gasteiger partial charge on any atom is -0.481 e. The van der Waals surface area contributed by atoms with E-state index in [1.165, 1.54) is 19.2 Å². The maximum absolute atomic E-state index is 12.9. The first-order chi connectivity index (χ1) is 18.7. The molecular formula is C26H33F3N6O4. The van der Waals surface area contributed by atoms with Crippen LogP contribution in [0.15, 0.2) is 30.3 Å². The number of ether oxygens (including phenoxy) is 2. The number of benzene rings is 1. The lowest BCUT2D eigenvalue weighted by molar-refractivity contribution is -0.137. The highest BCUT2D eigenvalue weighted by molar-refractivity contribution is 5.96. The molecule has 0 radical (unpaired) electrons. The second kappa shape index (κ2) is 12.5. The van der Waals surface area contributed by atoms with Gasteiger partial charge in [0.05, 0.1) is 26.3 Å². The highest BCUT2D eigenvalue weighted by Crippen LogP contribution is 2.30. The molecule has 39 heavy (non-hydrogen) atoms. The number of carbonyl (C=O) groups excluding carboxylic acids is 2. The molecule has 2 N–H and O–H groups in total. The van der Waals surface area contributed by atoms with Crippen LogP contribution in [0.25, 0.3) is 0 Å². The Bertz CT molecular complexity index is 1140. The summed E-state index contributed by atoms with van der Waals surface area (Å²) >= 11 is 0. The summed E-state index contributed by atoms with van der Waals surface area (Å²) in [6.07, 6.45) is -0.831. The molecule has 0 saturated carbocycles. The number of methoxy groups -OCH3 is 2. The molecule has 1 aromatic heterocycles. The topological polar surface area (TPSA) is 109 Å². The van der Waals surface area contributed by atoms with E-state index in [-0.39, 0.29) is 30.1 Å². The summed E-state index contributed by atoms with van der Waals surface area (Å²) in [6.45, 7) is 2.90. The van der Waals surface area contributed by atoms with Crippen LogP contribution < -0.4 is 25.0 Å². The van der Waals surface area contributed by atoms with E-state index in [0.717, 1.165) is 63.3 Å². The van der Waals surface area contributed by atoms with Gasteiger partial charge in [-0.1, -0.05) is 6.07 Å². The number of nitrogens with zero attached hydrogens (tertiary/aromatic N) is 4. The van der Waals surface area contributed by atoms with Gasteiger partial charge in [-0.2, -0.15) is 23.1 Å². The molecule has 0 aliphatic carbocycles. The molecule has 1 aromatic carbocycles. The summed E-state index contributed by atoms with van der Waals surface area (Å²) < 4.78 is 49.2. The van der Waals surface area contributed by atoms with Crippen molar-refractivity contribution in [3.05, 3.63) is 41.5 Å². The molecule has 13 heteroatoms. The summed E-state index contributed by atoms with van der Waals surface area (Å²) in [7, 11) is 3.07. The van der Waals surface area contributed by atoms with Gasteiger partial charge in [-0.3, -0.25) is 14.5 Å². The van der Waals surface area contributed by atoms with Gasteiger partial charge in [-0.15, -0.1) is 0 Å².